The fraction of sp³-hybridized carbons (Fsp3) is 0.444. The number of hydrogen-bond donors (Lipinski definition) is 1. The second kappa shape index (κ2) is 7.86. The Morgan fingerprint density at radius 1 is 1.29 bits per heavy atom. The number of carbonyl (C=O) groups excluding carboxylic acids is 1. The van der Waals surface area contributed by atoms with Crippen molar-refractivity contribution in [1.82, 2.24) is 14.9 Å². The highest BCUT2D eigenvalue weighted by Gasteiger charge is 2.11. The van der Waals surface area contributed by atoms with Gasteiger partial charge in [0.05, 0.1) is 13.2 Å². The first-order valence-electron chi connectivity index (χ1n) is 8.41. The smallest absolute Gasteiger partial charge is 0.222 e. The van der Waals surface area contributed by atoms with Gasteiger partial charge in [0.1, 0.15) is 5.82 Å². The molecule has 0 saturated heterocycles. The average Bonchev–Trinajstić information content (AvgIpc) is 2.93. The van der Waals surface area contributed by atoms with E-state index in [2.05, 4.69) is 17.2 Å². The summed E-state index contributed by atoms with van der Waals surface area (Å²) in [6.07, 6.45) is 5.87. The summed E-state index contributed by atoms with van der Waals surface area (Å²) in [6.45, 7) is 4.53. The lowest BCUT2D eigenvalue weighted by atomic mass is 10.2. The van der Waals surface area contributed by atoms with Gasteiger partial charge in [0.25, 0.3) is 0 Å². The molecule has 1 N–H and O–H groups in total. The number of ether oxygens (including phenoxy) is 2. The lowest BCUT2D eigenvalue weighted by Gasteiger charge is -2.11. The van der Waals surface area contributed by atoms with E-state index in [4.69, 9.17) is 9.47 Å². The minimum absolute atomic E-state index is 0.0258. The summed E-state index contributed by atoms with van der Waals surface area (Å²) in [5, 5.41) is 2.95. The van der Waals surface area contributed by atoms with Crippen molar-refractivity contribution in [2.24, 2.45) is 0 Å². The number of hydrogen-bond acceptors (Lipinski definition) is 4. The first-order chi connectivity index (χ1) is 11.8. The molecule has 1 amide bonds. The highest BCUT2D eigenvalue weighted by molar-refractivity contribution is 5.75. The number of nitrogens with one attached hydrogen (secondary N) is 1. The number of carbonyl (C=O) groups is 1. The van der Waals surface area contributed by atoms with Gasteiger partial charge in [0.15, 0.2) is 11.5 Å². The van der Waals surface area contributed by atoms with Gasteiger partial charge in [0, 0.05) is 44.7 Å². The first kappa shape index (κ1) is 16.4. The summed E-state index contributed by atoms with van der Waals surface area (Å²) in [4.78, 5) is 16.3. The number of benzene rings is 1. The van der Waals surface area contributed by atoms with Crippen molar-refractivity contribution in [3.8, 4) is 11.5 Å². The third-order valence-corrected chi connectivity index (χ3v) is 4.00. The minimum atomic E-state index is 0.0258. The minimum Gasteiger partial charge on any atom is -0.490 e. The molecular formula is C18H23N3O3. The molecule has 128 valence electrons. The highest BCUT2D eigenvalue weighted by atomic mass is 16.5. The molecule has 24 heavy (non-hydrogen) atoms. The zero-order valence-corrected chi connectivity index (χ0v) is 14.0. The Kier molecular flexibility index (Phi) is 5.36. The van der Waals surface area contributed by atoms with Crippen molar-refractivity contribution >= 4 is 5.91 Å². The van der Waals surface area contributed by atoms with Crippen LogP contribution in [-0.2, 0) is 24.3 Å². The van der Waals surface area contributed by atoms with Crippen LogP contribution in [0.3, 0.4) is 0 Å². The third-order valence-electron chi connectivity index (χ3n) is 4.00. The summed E-state index contributed by atoms with van der Waals surface area (Å²) < 4.78 is 13.3. The SMILES string of the molecule is CCc1nccn1CCC(=O)NCc1ccc2c(c1)OCCCO2. The van der Waals surface area contributed by atoms with Crippen LogP contribution >= 0.6 is 0 Å². The van der Waals surface area contributed by atoms with Gasteiger partial charge in [-0.05, 0) is 17.7 Å². The Hall–Kier alpha value is -2.50. The van der Waals surface area contributed by atoms with Gasteiger partial charge in [-0.25, -0.2) is 4.98 Å². The van der Waals surface area contributed by atoms with Gasteiger partial charge in [-0.2, -0.15) is 0 Å². The maximum Gasteiger partial charge on any atom is 0.222 e. The van der Waals surface area contributed by atoms with Gasteiger partial charge in [-0.15, -0.1) is 0 Å². The van der Waals surface area contributed by atoms with Crippen molar-refractivity contribution in [3.63, 3.8) is 0 Å². The van der Waals surface area contributed by atoms with Crippen molar-refractivity contribution in [3.05, 3.63) is 42.0 Å². The molecule has 0 atom stereocenters. The Labute approximate surface area is 141 Å². The number of fused-ring (bicyclic) bond motifs is 1. The van der Waals surface area contributed by atoms with Gasteiger partial charge in [-0.1, -0.05) is 13.0 Å². The predicted octanol–water partition coefficient (Wildman–Crippen LogP) is 2.31. The molecule has 1 aromatic carbocycles. The van der Waals surface area contributed by atoms with E-state index < -0.39 is 0 Å². The van der Waals surface area contributed by atoms with E-state index in [0.717, 1.165) is 35.7 Å². The second-order valence-corrected chi connectivity index (χ2v) is 5.75. The third kappa shape index (κ3) is 4.07. The quantitative estimate of drug-likeness (QED) is 0.883. The van der Waals surface area contributed by atoms with Crippen molar-refractivity contribution in [2.75, 3.05) is 13.2 Å². The summed E-state index contributed by atoms with van der Waals surface area (Å²) in [5.41, 5.74) is 1.00. The lowest BCUT2D eigenvalue weighted by Crippen LogP contribution is -2.24. The monoisotopic (exact) mass is 329 g/mol. The van der Waals surface area contributed by atoms with Gasteiger partial charge >= 0.3 is 0 Å². The average molecular weight is 329 g/mol. The fourth-order valence-electron chi connectivity index (χ4n) is 2.69. The molecule has 0 aliphatic carbocycles. The Morgan fingerprint density at radius 2 is 2.12 bits per heavy atom. The van der Waals surface area contributed by atoms with Crippen LogP contribution in [0.4, 0.5) is 0 Å². The number of amides is 1. The largest absolute Gasteiger partial charge is 0.490 e. The molecule has 3 rings (SSSR count). The van der Waals surface area contributed by atoms with Gasteiger partial charge < -0.3 is 19.4 Å². The van der Waals surface area contributed by atoms with Crippen molar-refractivity contribution in [1.29, 1.82) is 0 Å². The Balaban J connectivity index is 1.50. The van der Waals surface area contributed by atoms with E-state index in [1.54, 1.807) is 6.20 Å². The lowest BCUT2D eigenvalue weighted by molar-refractivity contribution is -0.121. The zero-order chi connectivity index (χ0) is 16.8. The van der Waals surface area contributed by atoms with E-state index in [0.29, 0.717) is 32.7 Å². The summed E-state index contributed by atoms with van der Waals surface area (Å²) >= 11 is 0. The van der Waals surface area contributed by atoms with E-state index in [1.807, 2.05) is 29.0 Å². The molecule has 6 heteroatoms. The summed E-state index contributed by atoms with van der Waals surface area (Å²) in [5.74, 6) is 2.56. The molecule has 6 nitrogen and oxygen atoms in total. The van der Waals surface area contributed by atoms with Crippen LogP contribution in [0.2, 0.25) is 0 Å². The van der Waals surface area contributed by atoms with E-state index in [-0.39, 0.29) is 5.91 Å². The van der Waals surface area contributed by atoms with Crippen LogP contribution in [0.1, 0.15) is 31.2 Å². The van der Waals surface area contributed by atoms with Gasteiger partial charge in [0.2, 0.25) is 5.91 Å². The molecule has 0 saturated carbocycles. The number of aryl methyl sites for hydroxylation is 2. The zero-order valence-electron chi connectivity index (χ0n) is 14.0. The van der Waals surface area contributed by atoms with Crippen LogP contribution in [0.25, 0.3) is 0 Å². The van der Waals surface area contributed by atoms with E-state index >= 15 is 0 Å². The molecule has 2 aromatic rings. The van der Waals surface area contributed by atoms with Crippen molar-refractivity contribution < 1.29 is 14.3 Å². The topological polar surface area (TPSA) is 65.4 Å². The van der Waals surface area contributed by atoms with Crippen LogP contribution < -0.4 is 14.8 Å². The molecule has 0 unspecified atom stereocenters. The molecule has 0 fully saturated rings. The molecule has 1 aromatic heterocycles. The standard InChI is InChI=1S/C18H23N3O3/c1-2-17-19-7-9-21(17)8-6-18(22)20-13-14-4-5-15-16(12-14)24-11-3-10-23-15/h4-5,7,9,12H,2-3,6,8,10-11,13H2,1H3,(H,20,22). The van der Waals surface area contributed by atoms with Crippen LogP contribution in [0.5, 0.6) is 11.5 Å². The molecule has 0 spiro atoms. The molecule has 2 heterocycles. The number of imidazole rings is 1. The number of nitrogens with zero attached hydrogens (tertiary/aromatic N) is 2. The summed E-state index contributed by atoms with van der Waals surface area (Å²) in [6, 6.07) is 5.80. The Bertz CT molecular complexity index is 697. The van der Waals surface area contributed by atoms with E-state index in [1.165, 1.54) is 0 Å². The predicted molar refractivity (Wildman–Crippen MR) is 90.1 cm³/mol. The van der Waals surface area contributed by atoms with Gasteiger partial charge in [-0.3, -0.25) is 4.79 Å². The molecular weight excluding hydrogens is 306 g/mol. The maximum atomic E-state index is 12.1. The van der Waals surface area contributed by atoms with Crippen LogP contribution in [0, 0.1) is 0 Å². The fourth-order valence-corrected chi connectivity index (χ4v) is 2.69. The number of aromatic nitrogens is 2. The molecule has 0 radical (unpaired) electrons. The maximum absolute atomic E-state index is 12.1. The highest BCUT2D eigenvalue weighted by Crippen LogP contribution is 2.30. The summed E-state index contributed by atoms with van der Waals surface area (Å²) in [7, 11) is 0. The van der Waals surface area contributed by atoms with Crippen LogP contribution in [0.15, 0.2) is 30.6 Å². The second-order valence-electron chi connectivity index (χ2n) is 5.75. The molecule has 1 aliphatic rings. The van der Waals surface area contributed by atoms with Crippen molar-refractivity contribution in [2.45, 2.75) is 39.3 Å². The molecule has 0 bridgehead atoms. The normalized spacial score (nSPS) is 13.4. The Morgan fingerprint density at radius 3 is 2.96 bits per heavy atom. The van der Waals surface area contributed by atoms with E-state index in [9.17, 15) is 4.79 Å². The number of rotatable bonds is 6. The first-order valence-corrected chi connectivity index (χ1v) is 8.41. The molecule has 1 aliphatic heterocycles. The van der Waals surface area contributed by atoms with Crippen LogP contribution in [-0.4, -0.2) is 28.7 Å².